The van der Waals surface area contributed by atoms with Crippen LogP contribution in [0.4, 0.5) is 0 Å². The second kappa shape index (κ2) is 6.74. The second-order valence-corrected chi connectivity index (χ2v) is 5.30. The molecule has 0 fully saturated rings. The maximum atomic E-state index is 11.1. The van der Waals surface area contributed by atoms with Crippen molar-refractivity contribution in [2.24, 2.45) is 5.73 Å². The number of halogens is 1. The third kappa shape index (κ3) is 3.62. The smallest absolute Gasteiger partial charge is 0.269 e. The Kier molecular flexibility index (Phi) is 4.98. The fraction of sp³-hybridized carbons (Fsp3) is 0.333. The van der Waals surface area contributed by atoms with Crippen molar-refractivity contribution < 1.29 is 4.79 Å². The second-order valence-electron chi connectivity index (χ2n) is 4.90. The fourth-order valence-corrected chi connectivity index (χ4v) is 2.32. The van der Waals surface area contributed by atoms with E-state index >= 15 is 0 Å². The van der Waals surface area contributed by atoms with E-state index in [0.717, 1.165) is 24.2 Å². The Morgan fingerprint density at radius 2 is 2.24 bits per heavy atom. The van der Waals surface area contributed by atoms with Gasteiger partial charge in [0, 0.05) is 12.2 Å². The maximum Gasteiger partial charge on any atom is 0.269 e. The monoisotopic (exact) mass is 306 g/mol. The molecule has 3 N–H and O–H groups in total. The Bertz CT molecular complexity index is 638. The quantitative estimate of drug-likeness (QED) is 0.862. The lowest BCUT2D eigenvalue weighted by molar-refractivity contribution is 0.0995. The summed E-state index contributed by atoms with van der Waals surface area (Å²) in [5.41, 5.74) is 7.24. The topological polar surface area (TPSA) is 72.9 Å². The Labute approximate surface area is 129 Å². The van der Waals surface area contributed by atoms with E-state index in [9.17, 15) is 4.79 Å². The number of rotatable bonds is 6. The minimum absolute atomic E-state index is 0.216. The summed E-state index contributed by atoms with van der Waals surface area (Å²) in [4.78, 5) is 11.1. The van der Waals surface area contributed by atoms with E-state index in [0.29, 0.717) is 5.02 Å². The summed E-state index contributed by atoms with van der Waals surface area (Å²) in [5.74, 6) is -0.557. The third-order valence-corrected chi connectivity index (χ3v) is 3.56. The SMILES string of the molecule is CCCNC(C)c1ccc(-n2ccc(C(N)=O)n2)c(Cl)c1. The summed E-state index contributed by atoms with van der Waals surface area (Å²) in [7, 11) is 0. The Morgan fingerprint density at radius 3 is 2.81 bits per heavy atom. The molecular formula is C15H19ClN4O. The van der Waals surface area contributed by atoms with Gasteiger partial charge in [0.1, 0.15) is 5.69 Å². The van der Waals surface area contributed by atoms with Gasteiger partial charge in [0.05, 0.1) is 10.7 Å². The number of nitrogens with two attached hydrogens (primary N) is 1. The normalized spacial score (nSPS) is 12.3. The number of carbonyl (C=O) groups excluding carboxylic acids is 1. The molecule has 0 bridgehead atoms. The number of hydrogen-bond acceptors (Lipinski definition) is 3. The van der Waals surface area contributed by atoms with Crippen molar-refractivity contribution in [3.8, 4) is 5.69 Å². The standard InChI is InChI=1S/C15H19ClN4O/c1-3-7-18-10(2)11-4-5-14(12(16)9-11)20-8-6-13(19-20)15(17)21/h4-6,8-10,18H,3,7H2,1-2H3,(H2,17,21). The molecule has 5 nitrogen and oxygen atoms in total. The first-order chi connectivity index (χ1) is 10.0. The van der Waals surface area contributed by atoms with E-state index in [1.165, 1.54) is 0 Å². The number of amides is 1. The molecule has 0 saturated carbocycles. The molecule has 1 aromatic carbocycles. The number of nitrogens with zero attached hydrogens (tertiary/aromatic N) is 2. The average Bonchev–Trinajstić information content (AvgIpc) is 2.94. The first-order valence-corrected chi connectivity index (χ1v) is 7.29. The lowest BCUT2D eigenvalue weighted by Gasteiger charge is -2.15. The molecule has 2 rings (SSSR count). The third-order valence-electron chi connectivity index (χ3n) is 3.26. The highest BCUT2D eigenvalue weighted by Gasteiger charge is 2.11. The zero-order valence-electron chi connectivity index (χ0n) is 12.1. The van der Waals surface area contributed by atoms with Crippen LogP contribution in [0, 0.1) is 0 Å². The largest absolute Gasteiger partial charge is 0.364 e. The van der Waals surface area contributed by atoms with Gasteiger partial charge in [-0.05, 0) is 43.7 Å². The predicted octanol–water partition coefficient (Wildman–Crippen LogP) is 2.69. The van der Waals surface area contributed by atoms with Gasteiger partial charge in [-0.3, -0.25) is 4.79 Å². The summed E-state index contributed by atoms with van der Waals surface area (Å²) in [6, 6.07) is 7.60. The number of hydrogen-bond donors (Lipinski definition) is 2. The molecule has 1 heterocycles. The van der Waals surface area contributed by atoms with Crippen molar-refractivity contribution in [3.63, 3.8) is 0 Å². The van der Waals surface area contributed by atoms with Crippen LogP contribution in [-0.2, 0) is 0 Å². The van der Waals surface area contributed by atoms with Crippen LogP contribution in [0.5, 0.6) is 0 Å². The van der Waals surface area contributed by atoms with Crippen molar-refractivity contribution in [3.05, 3.63) is 46.7 Å². The van der Waals surface area contributed by atoms with Crippen molar-refractivity contribution in [1.29, 1.82) is 0 Å². The predicted molar refractivity (Wildman–Crippen MR) is 83.8 cm³/mol. The summed E-state index contributed by atoms with van der Waals surface area (Å²) in [5, 5.41) is 8.10. The molecule has 21 heavy (non-hydrogen) atoms. The Hall–Kier alpha value is -1.85. The Morgan fingerprint density at radius 1 is 1.48 bits per heavy atom. The van der Waals surface area contributed by atoms with Gasteiger partial charge in [-0.15, -0.1) is 0 Å². The van der Waals surface area contributed by atoms with Crippen LogP contribution < -0.4 is 11.1 Å². The van der Waals surface area contributed by atoms with Gasteiger partial charge in [-0.2, -0.15) is 5.10 Å². The van der Waals surface area contributed by atoms with Gasteiger partial charge >= 0.3 is 0 Å². The van der Waals surface area contributed by atoms with E-state index in [4.69, 9.17) is 17.3 Å². The molecule has 6 heteroatoms. The summed E-state index contributed by atoms with van der Waals surface area (Å²) < 4.78 is 1.55. The molecular weight excluding hydrogens is 288 g/mol. The van der Waals surface area contributed by atoms with E-state index in [1.807, 2.05) is 18.2 Å². The van der Waals surface area contributed by atoms with Gasteiger partial charge < -0.3 is 11.1 Å². The highest BCUT2D eigenvalue weighted by Crippen LogP contribution is 2.24. The highest BCUT2D eigenvalue weighted by molar-refractivity contribution is 6.32. The molecule has 1 atom stereocenters. The van der Waals surface area contributed by atoms with E-state index in [2.05, 4.69) is 24.3 Å². The molecule has 0 saturated heterocycles. The molecule has 0 radical (unpaired) electrons. The number of benzene rings is 1. The lowest BCUT2D eigenvalue weighted by Crippen LogP contribution is -2.19. The van der Waals surface area contributed by atoms with E-state index < -0.39 is 5.91 Å². The summed E-state index contributed by atoms with van der Waals surface area (Å²) in [6.45, 7) is 5.19. The van der Waals surface area contributed by atoms with Gasteiger partial charge in [0.15, 0.2) is 0 Å². The minimum Gasteiger partial charge on any atom is -0.364 e. The molecule has 1 aromatic heterocycles. The zero-order valence-corrected chi connectivity index (χ0v) is 12.9. The van der Waals surface area contributed by atoms with Gasteiger partial charge in [-0.25, -0.2) is 4.68 Å². The summed E-state index contributed by atoms with van der Waals surface area (Å²) >= 11 is 6.33. The van der Waals surface area contributed by atoms with E-state index in [-0.39, 0.29) is 11.7 Å². The van der Waals surface area contributed by atoms with Crippen LogP contribution in [0.15, 0.2) is 30.5 Å². The van der Waals surface area contributed by atoms with Crippen molar-refractivity contribution in [2.45, 2.75) is 26.3 Å². The lowest BCUT2D eigenvalue weighted by atomic mass is 10.1. The first kappa shape index (κ1) is 15.5. The van der Waals surface area contributed by atoms with Gasteiger partial charge in [0.25, 0.3) is 5.91 Å². The molecule has 112 valence electrons. The fourth-order valence-electron chi connectivity index (χ4n) is 2.05. The minimum atomic E-state index is -0.557. The van der Waals surface area contributed by atoms with Crippen LogP contribution in [0.3, 0.4) is 0 Å². The molecule has 1 unspecified atom stereocenters. The van der Waals surface area contributed by atoms with Crippen molar-refractivity contribution in [2.75, 3.05) is 6.54 Å². The summed E-state index contributed by atoms with van der Waals surface area (Å²) in [6.07, 6.45) is 2.75. The molecule has 0 aliphatic rings. The molecule has 0 aliphatic heterocycles. The number of aromatic nitrogens is 2. The molecule has 0 spiro atoms. The van der Waals surface area contributed by atoms with Gasteiger partial charge in [0.2, 0.25) is 0 Å². The number of carbonyl (C=O) groups is 1. The number of primary amides is 1. The Balaban J connectivity index is 2.24. The zero-order chi connectivity index (χ0) is 15.4. The first-order valence-electron chi connectivity index (χ1n) is 6.91. The molecule has 2 aromatic rings. The molecule has 1 amide bonds. The van der Waals surface area contributed by atoms with Crippen LogP contribution in [-0.4, -0.2) is 22.2 Å². The number of nitrogens with one attached hydrogen (secondary N) is 1. The van der Waals surface area contributed by atoms with Crippen LogP contribution in [0.2, 0.25) is 5.02 Å². The van der Waals surface area contributed by atoms with E-state index in [1.54, 1.807) is 16.9 Å². The van der Waals surface area contributed by atoms with Crippen LogP contribution >= 0.6 is 11.6 Å². The maximum absolute atomic E-state index is 11.1. The average molecular weight is 307 g/mol. The van der Waals surface area contributed by atoms with Crippen LogP contribution in [0.25, 0.3) is 5.69 Å². The van der Waals surface area contributed by atoms with Crippen molar-refractivity contribution >= 4 is 17.5 Å². The van der Waals surface area contributed by atoms with Crippen LogP contribution in [0.1, 0.15) is 42.4 Å². The molecule has 0 aliphatic carbocycles. The van der Waals surface area contributed by atoms with Crippen molar-refractivity contribution in [1.82, 2.24) is 15.1 Å². The van der Waals surface area contributed by atoms with Gasteiger partial charge in [-0.1, -0.05) is 24.6 Å². The highest BCUT2D eigenvalue weighted by atomic mass is 35.5.